The quantitative estimate of drug-likeness (QED) is 0.870. The van der Waals surface area contributed by atoms with E-state index in [1.54, 1.807) is 4.90 Å². The van der Waals surface area contributed by atoms with Crippen molar-refractivity contribution in [3.63, 3.8) is 0 Å². The molecule has 2 N–H and O–H groups in total. The number of benzene rings is 1. The Labute approximate surface area is 161 Å². The molecule has 0 radical (unpaired) electrons. The molecule has 0 bridgehead atoms. The minimum Gasteiger partial charge on any atom is -0.340 e. The topological polar surface area (TPSA) is 62.2 Å². The minimum absolute atomic E-state index is 0.0379. The van der Waals surface area contributed by atoms with Crippen LogP contribution in [0.5, 0.6) is 0 Å². The van der Waals surface area contributed by atoms with Gasteiger partial charge < -0.3 is 4.90 Å². The molecule has 1 amide bonds. The summed E-state index contributed by atoms with van der Waals surface area (Å²) in [7, 11) is 1.86. The number of carbonyl (C=O) groups is 1. The van der Waals surface area contributed by atoms with Crippen molar-refractivity contribution < 1.29 is 4.79 Å². The van der Waals surface area contributed by atoms with Crippen molar-refractivity contribution in [2.75, 3.05) is 13.6 Å². The molecule has 0 spiro atoms. The first kappa shape index (κ1) is 19.6. The normalized spacial score (nSPS) is 20.1. The second-order valence-corrected chi connectivity index (χ2v) is 8.71. The Morgan fingerprint density at radius 2 is 1.89 bits per heavy atom. The Balaban J connectivity index is 1.63. The molecule has 0 aliphatic carbocycles. The third-order valence-electron chi connectivity index (χ3n) is 5.24. The zero-order chi connectivity index (χ0) is 19.8. The number of likely N-dealkylation sites (N-methyl/N-ethyl adjacent to an activating group) is 1. The number of hydrazine groups is 1. The zero-order valence-electron chi connectivity index (χ0n) is 17.2. The summed E-state index contributed by atoms with van der Waals surface area (Å²) in [6.45, 7) is 11.4. The Morgan fingerprint density at radius 1 is 1.22 bits per heavy atom. The van der Waals surface area contributed by atoms with Crippen LogP contribution in [0.3, 0.4) is 0 Å². The number of amides is 1. The summed E-state index contributed by atoms with van der Waals surface area (Å²) in [6.07, 6.45) is 1.01. The van der Waals surface area contributed by atoms with E-state index in [0.29, 0.717) is 18.2 Å². The van der Waals surface area contributed by atoms with Crippen LogP contribution < -0.4 is 10.9 Å². The first-order chi connectivity index (χ1) is 12.6. The number of rotatable bonds is 4. The molecule has 6 nitrogen and oxygen atoms in total. The lowest BCUT2D eigenvalue weighted by molar-refractivity contribution is 0.0782. The van der Waals surface area contributed by atoms with Crippen LogP contribution in [0, 0.1) is 19.3 Å². The molecule has 146 valence electrons. The fourth-order valence-electron chi connectivity index (χ4n) is 3.58. The van der Waals surface area contributed by atoms with Crippen molar-refractivity contribution in [1.29, 1.82) is 0 Å². The van der Waals surface area contributed by atoms with Gasteiger partial charge in [0.25, 0.3) is 5.91 Å². The number of hydrogen-bond acceptors (Lipinski definition) is 4. The van der Waals surface area contributed by atoms with E-state index in [-0.39, 0.29) is 17.4 Å². The average molecular weight is 370 g/mol. The van der Waals surface area contributed by atoms with Crippen LogP contribution in [0.4, 0.5) is 0 Å². The van der Waals surface area contributed by atoms with Crippen LogP contribution in [0.25, 0.3) is 5.69 Å². The van der Waals surface area contributed by atoms with E-state index >= 15 is 0 Å². The van der Waals surface area contributed by atoms with Gasteiger partial charge >= 0.3 is 0 Å². The highest BCUT2D eigenvalue weighted by Crippen LogP contribution is 2.25. The van der Waals surface area contributed by atoms with Gasteiger partial charge in [0.05, 0.1) is 11.4 Å². The van der Waals surface area contributed by atoms with Gasteiger partial charge in [-0.25, -0.2) is 4.68 Å². The largest absolute Gasteiger partial charge is 0.340 e. The Hall–Kier alpha value is -2.18. The monoisotopic (exact) mass is 369 g/mol. The van der Waals surface area contributed by atoms with Crippen molar-refractivity contribution in [1.82, 2.24) is 25.5 Å². The third-order valence-corrected chi connectivity index (χ3v) is 5.24. The molecule has 2 unspecified atom stereocenters. The van der Waals surface area contributed by atoms with E-state index in [4.69, 9.17) is 0 Å². The van der Waals surface area contributed by atoms with Crippen LogP contribution >= 0.6 is 0 Å². The molecular weight excluding hydrogens is 338 g/mol. The molecule has 2 atom stereocenters. The lowest BCUT2D eigenvalue weighted by Crippen LogP contribution is -2.42. The molecule has 6 heteroatoms. The van der Waals surface area contributed by atoms with Crippen molar-refractivity contribution in [2.45, 2.75) is 53.1 Å². The van der Waals surface area contributed by atoms with E-state index in [9.17, 15) is 4.79 Å². The van der Waals surface area contributed by atoms with Crippen molar-refractivity contribution >= 4 is 5.91 Å². The van der Waals surface area contributed by atoms with Gasteiger partial charge in [0, 0.05) is 36.9 Å². The summed E-state index contributed by atoms with van der Waals surface area (Å²) in [5.74, 6) is 0.0379. The van der Waals surface area contributed by atoms with Crippen molar-refractivity contribution in [3.05, 3.63) is 47.3 Å². The molecule has 1 aromatic carbocycles. The smallest absolute Gasteiger partial charge is 0.253 e. The molecular formula is C21H31N5O. The van der Waals surface area contributed by atoms with E-state index in [1.807, 2.05) is 55.9 Å². The van der Waals surface area contributed by atoms with Crippen molar-refractivity contribution in [3.8, 4) is 5.69 Å². The maximum Gasteiger partial charge on any atom is 0.253 e. The molecule has 0 saturated carbocycles. The maximum atomic E-state index is 12.8. The predicted octanol–water partition coefficient (Wildman–Crippen LogP) is 2.84. The molecule has 2 aromatic rings. The fourth-order valence-corrected chi connectivity index (χ4v) is 3.58. The molecule has 1 aliphatic rings. The van der Waals surface area contributed by atoms with Crippen molar-refractivity contribution in [2.24, 2.45) is 5.41 Å². The number of carbonyl (C=O) groups excluding carboxylic acids is 1. The summed E-state index contributed by atoms with van der Waals surface area (Å²) in [5.41, 5.74) is 10.6. The van der Waals surface area contributed by atoms with Gasteiger partial charge in [0.2, 0.25) is 0 Å². The van der Waals surface area contributed by atoms with Crippen LogP contribution in [-0.4, -0.2) is 46.3 Å². The highest BCUT2D eigenvalue weighted by molar-refractivity contribution is 5.94. The van der Waals surface area contributed by atoms with Crippen LogP contribution in [-0.2, 0) is 0 Å². The standard InChI is InChI=1S/C21H31N5O/c1-14-11-15(2)26(24-14)18-9-7-16(8-10-18)20(27)25(6)13-17-12-19(23-22-17)21(3,4)5/h7-11,17,19,22-23H,12-13H2,1-6H3. The van der Waals surface area contributed by atoms with E-state index < -0.39 is 0 Å². The van der Waals surface area contributed by atoms with Gasteiger partial charge in [-0.15, -0.1) is 0 Å². The molecule has 2 heterocycles. The van der Waals surface area contributed by atoms with E-state index in [1.165, 1.54) is 0 Å². The number of hydrogen-bond donors (Lipinski definition) is 2. The van der Waals surface area contributed by atoms with Gasteiger partial charge in [0.1, 0.15) is 0 Å². The minimum atomic E-state index is 0.0379. The van der Waals surface area contributed by atoms with Crippen LogP contribution in [0.2, 0.25) is 0 Å². The first-order valence-electron chi connectivity index (χ1n) is 9.55. The first-order valence-corrected chi connectivity index (χ1v) is 9.55. The number of nitrogens with one attached hydrogen (secondary N) is 2. The highest BCUT2D eigenvalue weighted by Gasteiger charge is 2.33. The van der Waals surface area contributed by atoms with Gasteiger partial charge in [-0.1, -0.05) is 20.8 Å². The summed E-state index contributed by atoms with van der Waals surface area (Å²) < 4.78 is 1.90. The number of aryl methyl sites for hydroxylation is 2. The highest BCUT2D eigenvalue weighted by atomic mass is 16.2. The lowest BCUT2D eigenvalue weighted by Gasteiger charge is -2.26. The Bertz CT molecular complexity index is 803. The van der Waals surface area contributed by atoms with Gasteiger partial charge in [0.15, 0.2) is 0 Å². The fraction of sp³-hybridized carbons (Fsp3) is 0.524. The Morgan fingerprint density at radius 3 is 2.41 bits per heavy atom. The maximum absolute atomic E-state index is 12.8. The summed E-state index contributed by atoms with van der Waals surface area (Å²) in [5, 5.41) is 4.49. The third kappa shape index (κ3) is 4.39. The van der Waals surface area contributed by atoms with Crippen LogP contribution in [0.1, 0.15) is 48.9 Å². The molecule has 27 heavy (non-hydrogen) atoms. The van der Waals surface area contributed by atoms with Gasteiger partial charge in [-0.2, -0.15) is 5.10 Å². The molecule has 1 fully saturated rings. The zero-order valence-corrected chi connectivity index (χ0v) is 17.2. The lowest BCUT2D eigenvalue weighted by atomic mass is 9.84. The predicted molar refractivity (Wildman–Crippen MR) is 108 cm³/mol. The average Bonchev–Trinajstić information content (AvgIpc) is 3.20. The number of nitrogens with zero attached hydrogens (tertiary/aromatic N) is 3. The number of aromatic nitrogens is 2. The molecule has 1 saturated heterocycles. The Kier molecular flexibility index (Phi) is 5.40. The van der Waals surface area contributed by atoms with Gasteiger partial charge in [-0.05, 0) is 56.0 Å². The van der Waals surface area contributed by atoms with Crippen LogP contribution in [0.15, 0.2) is 30.3 Å². The summed E-state index contributed by atoms with van der Waals surface area (Å²) in [6, 6.07) is 10.4. The summed E-state index contributed by atoms with van der Waals surface area (Å²) in [4.78, 5) is 14.6. The molecule has 1 aliphatic heterocycles. The van der Waals surface area contributed by atoms with E-state index in [2.05, 4.69) is 36.7 Å². The molecule has 3 rings (SSSR count). The molecule has 1 aromatic heterocycles. The SMILES string of the molecule is Cc1cc(C)n(-c2ccc(C(=O)N(C)CC3CC(C(C)(C)C)NN3)cc2)n1. The van der Waals surface area contributed by atoms with Gasteiger partial charge in [-0.3, -0.25) is 15.6 Å². The second-order valence-electron chi connectivity index (χ2n) is 8.71. The summed E-state index contributed by atoms with van der Waals surface area (Å²) >= 11 is 0. The second kappa shape index (κ2) is 7.44. The van der Waals surface area contributed by atoms with E-state index in [0.717, 1.165) is 23.5 Å².